The molecule has 0 aliphatic heterocycles. The summed E-state index contributed by atoms with van der Waals surface area (Å²) in [7, 11) is 0. The summed E-state index contributed by atoms with van der Waals surface area (Å²) in [6.07, 6.45) is -2.19. The molecule has 1 amide bonds. The van der Waals surface area contributed by atoms with Crippen LogP contribution >= 0.6 is 0 Å². The molecule has 0 radical (unpaired) electrons. The van der Waals surface area contributed by atoms with Gasteiger partial charge in [0.05, 0.1) is 6.54 Å². The van der Waals surface area contributed by atoms with Gasteiger partial charge in [-0.1, -0.05) is 6.92 Å². The molecule has 0 fully saturated rings. The molecule has 0 aliphatic carbocycles. The maximum atomic E-state index is 11.3. The van der Waals surface area contributed by atoms with Crippen LogP contribution in [0.25, 0.3) is 0 Å². The zero-order valence-corrected chi connectivity index (χ0v) is 5.16. The Morgan fingerprint density at radius 2 is 2.33 bits per heavy atom. The van der Waals surface area contributed by atoms with Crippen molar-refractivity contribution in [3.63, 3.8) is 0 Å². The highest BCUT2D eigenvalue weighted by Crippen LogP contribution is 1.87. The molecule has 0 rings (SSSR count). The maximum absolute atomic E-state index is 11.3. The van der Waals surface area contributed by atoms with Crippen LogP contribution in [0.4, 0.5) is 8.78 Å². The molecule has 4 heteroatoms. The van der Waals surface area contributed by atoms with Gasteiger partial charge < -0.3 is 5.32 Å². The van der Waals surface area contributed by atoms with Crippen LogP contribution in [0.1, 0.15) is 14.8 Å². The number of rotatable bonds is 3. The summed E-state index contributed by atoms with van der Waals surface area (Å²) in [5.41, 5.74) is 0. The number of carbonyl (C=O) groups is 1. The van der Waals surface area contributed by atoms with E-state index in [0.29, 0.717) is 0 Å². The van der Waals surface area contributed by atoms with Gasteiger partial charge in [-0.25, -0.2) is 8.78 Å². The Kier molecular flexibility index (Phi) is 3.92. The molecule has 0 atom stereocenters. The molecule has 0 saturated carbocycles. The molecule has 0 spiro atoms. The standard InChI is InChI=1S/C5H9F2NO.H2/c1-2-5(9)8-3-4(6)7;/h4H,2-3H2,1H3,(H,8,9);1H. The average molecular weight is 139 g/mol. The fraction of sp³-hybridized carbons (Fsp3) is 0.800. The second kappa shape index (κ2) is 4.23. The molecule has 0 aliphatic rings. The number of amides is 1. The van der Waals surface area contributed by atoms with E-state index in [4.69, 9.17) is 0 Å². The fourth-order valence-electron chi connectivity index (χ4n) is 0.316. The van der Waals surface area contributed by atoms with E-state index in [1.165, 1.54) is 0 Å². The van der Waals surface area contributed by atoms with Crippen molar-refractivity contribution in [3.05, 3.63) is 0 Å². The smallest absolute Gasteiger partial charge is 0.255 e. The lowest BCUT2D eigenvalue weighted by atomic mass is 10.4. The minimum Gasteiger partial charge on any atom is -0.350 e. The lowest BCUT2D eigenvalue weighted by Crippen LogP contribution is -2.27. The molecule has 9 heavy (non-hydrogen) atoms. The van der Waals surface area contributed by atoms with Gasteiger partial charge in [0, 0.05) is 7.85 Å². The molecule has 1 N–H and O–H groups in total. The van der Waals surface area contributed by atoms with Crippen LogP contribution in [0.2, 0.25) is 0 Å². The highest BCUT2D eigenvalue weighted by molar-refractivity contribution is 5.75. The van der Waals surface area contributed by atoms with Crippen LogP contribution in [-0.4, -0.2) is 18.9 Å². The third kappa shape index (κ3) is 5.20. The lowest BCUT2D eigenvalue weighted by molar-refractivity contribution is -0.121. The summed E-state index contributed by atoms with van der Waals surface area (Å²) in [4.78, 5) is 10.3. The Bertz CT molecular complexity index is 99.6. The van der Waals surface area contributed by atoms with E-state index in [-0.39, 0.29) is 13.8 Å². The van der Waals surface area contributed by atoms with E-state index in [1.54, 1.807) is 6.92 Å². The molecule has 2 nitrogen and oxygen atoms in total. The SMILES string of the molecule is CCC(=O)NCC(F)F.[HH]. The van der Waals surface area contributed by atoms with Crippen LogP contribution in [0.15, 0.2) is 0 Å². The summed E-state index contributed by atoms with van der Waals surface area (Å²) in [5, 5.41) is 2.04. The van der Waals surface area contributed by atoms with E-state index >= 15 is 0 Å². The van der Waals surface area contributed by atoms with Gasteiger partial charge in [-0.15, -0.1) is 0 Å². The van der Waals surface area contributed by atoms with Gasteiger partial charge >= 0.3 is 0 Å². The third-order valence-corrected chi connectivity index (χ3v) is 0.775. The summed E-state index contributed by atoms with van der Waals surface area (Å²) < 4.78 is 22.6. The first-order chi connectivity index (χ1) is 4.16. The Morgan fingerprint density at radius 1 is 1.78 bits per heavy atom. The fourth-order valence-corrected chi connectivity index (χ4v) is 0.316. The van der Waals surface area contributed by atoms with E-state index in [9.17, 15) is 13.6 Å². The Hall–Kier alpha value is -0.670. The van der Waals surface area contributed by atoms with Crippen LogP contribution in [0.5, 0.6) is 0 Å². The number of hydrogen-bond donors (Lipinski definition) is 1. The number of hydrogen-bond acceptors (Lipinski definition) is 1. The van der Waals surface area contributed by atoms with Crippen molar-refractivity contribution < 1.29 is 15.0 Å². The normalized spacial score (nSPS) is 9.78. The number of carbonyl (C=O) groups excluding carboxylic acids is 1. The first-order valence-corrected chi connectivity index (χ1v) is 2.71. The quantitative estimate of drug-likeness (QED) is 0.621. The molecule has 0 saturated heterocycles. The van der Waals surface area contributed by atoms with Crippen LogP contribution in [-0.2, 0) is 4.79 Å². The second-order valence-electron chi connectivity index (χ2n) is 1.55. The van der Waals surface area contributed by atoms with Crippen molar-refractivity contribution in [1.29, 1.82) is 0 Å². The monoisotopic (exact) mass is 139 g/mol. The zero-order chi connectivity index (χ0) is 7.28. The predicted octanol–water partition coefficient (Wildman–Crippen LogP) is 1.02. The zero-order valence-electron chi connectivity index (χ0n) is 5.16. The van der Waals surface area contributed by atoms with Crippen molar-refractivity contribution in [2.24, 2.45) is 0 Å². The van der Waals surface area contributed by atoms with Gasteiger partial charge in [-0.2, -0.15) is 0 Å². The molecular weight excluding hydrogens is 128 g/mol. The second-order valence-corrected chi connectivity index (χ2v) is 1.55. The van der Waals surface area contributed by atoms with Crippen molar-refractivity contribution in [2.45, 2.75) is 19.8 Å². The summed E-state index contributed by atoms with van der Waals surface area (Å²) >= 11 is 0. The van der Waals surface area contributed by atoms with Gasteiger partial charge in [0.15, 0.2) is 0 Å². The maximum Gasteiger partial charge on any atom is 0.255 e. The molecule has 0 aromatic heterocycles. The number of nitrogens with one attached hydrogen (secondary N) is 1. The lowest BCUT2D eigenvalue weighted by Gasteiger charge is -1.99. The average Bonchev–Trinajstić information content (AvgIpc) is 1.83. The Balaban J connectivity index is 0. The van der Waals surface area contributed by atoms with Crippen LogP contribution in [0, 0.1) is 0 Å². The molecule has 0 heterocycles. The first kappa shape index (κ1) is 8.33. The molecule has 0 bridgehead atoms. The number of alkyl halides is 2. The topological polar surface area (TPSA) is 29.1 Å². The molecule has 0 aromatic carbocycles. The van der Waals surface area contributed by atoms with Gasteiger partial charge in [0.25, 0.3) is 6.43 Å². The van der Waals surface area contributed by atoms with Gasteiger partial charge in [0.2, 0.25) is 5.91 Å². The van der Waals surface area contributed by atoms with Crippen molar-refractivity contribution >= 4 is 5.91 Å². The summed E-state index contributed by atoms with van der Waals surface area (Å²) in [5.74, 6) is -0.338. The van der Waals surface area contributed by atoms with Crippen LogP contribution in [0.3, 0.4) is 0 Å². The minimum absolute atomic E-state index is 0. The van der Waals surface area contributed by atoms with Crippen molar-refractivity contribution in [1.82, 2.24) is 5.32 Å². The van der Waals surface area contributed by atoms with Crippen molar-refractivity contribution in [3.8, 4) is 0 Å². The first-order valence-electron chi connectivity index (χ1n) is 2.71. The summed E-state index contributed by atoms with van der Waals surface area (Å²) in [6.45, 7) is 1.08. The molecule has 0 aromatic rings. The molecule has 0 unspecified atom stereocenters. The minimum atomic E-state index is -2.44. The van der Waals surface area contributed by atoms with E-state index < -0.39 is 13.0 Å². The van der Waals surface area contributed by atoms with E-state index in [0.717, 1.165) is 0 Å². The van der Waals surface area contributed by atoms with Gasteiger partial charge in [0.1, 0.15) is 0 Å². The van der Waals surface area contributed by atoms with E-state index in [2.05, 4.69) is 0 Å². The van der Waals surface area contributed by atoms with Gasteiger partial charge in [-0.3, -0.25) is 4.79 Å². The van der Waals surface area contributed by atoms with Crippen molar-refractivity contribution in [2.75, 3.05) is 6.54 Å². The molecule has 56 valence electrons. The number of halogens is 2. The predicted molar refractivity (Wildman–Crippen MR) is 31.4 cm³/mol. The highest BCUT2D eigenvalue weighted by atomic mass is 19.3. The third-order valence-electron chi connectivity index (χ3n) is 0.775. The molecular formula is C5H11F2NO. The summed E-state index contributed by atoms with van der Waals surface area (Å²) in [6, 6.07) is 0. The largest absolute Gasteiger partial charge is 0.350 e. The Labute approximate surface area is 53.7 Å². The van der Waals surface area contributed by atoms with E-state index in [1.807, 2.05) is 5.32 Å². The van der Waals surface area contributed by atoms with Gasteiger partial charge in [-0.05, 0) is 0 Å². The highest BCUT2D eigenvalue weighted by Gasteiger charge is 2.02. The van der Waals surface area contributed by atoms with Crippen LogP contribution < -0.4 is 5.32 Å². The Morgan fingerprint density at radius 3 is 2.67 bits per heavy atom.